The highest BCUT2D eigenvalue weighted by molar-refractivity contribution is 5.92. The van der Waals surface area contributed by atoms with Gasteiger partial charge in [-0.3, -0.25) is 14.7 Å². The average molecular weight is 460 g/mol. The number of nitrogens with zero attached hydrogens (tertiary/aromatic N) is 4. The molecule has 2 aliphatic rings. The third kappa shape index (κ3) is 3.82. The van der Waals surface area contributed by atoms with Gasteiger partial charge in [-0.1, -0.05) is 12.1 Å². The number of aromatic nitrogens is 3. The molecule has 1 saturated heterocycles. The standard InChI is InChI=1S/C24H24F4N4O/c1-15-29-11-20(31(15)2)16-3-4-17-10-30-19(8-18(17)7-16)9-21(33)23(25)13-32(14-23)12-22(5-6-22)24(26,27)28/h3-4,7-8,10-11H,5-6,9,12-14H2,1-2H3. The van der Waals surface area contributed by atoms with Crippen molar-refractivity contribution in [2.45, 2.75) is 38.0 Å². The van der Waals surface area contributed by atoms with Gasteiger partial charge in [-0.2, -0.15) is 13.2 Å². The maximum Gasteiger partial charge on any atom is 0.395 e. The highest BCUT2D eigenvalue weighted by Gasteiger charge is 2.65. The van der Waals surface area contributed by atoms with Crippen LogP contribution in [0.25, 0.3) is 22.0 Å². The Kier molecular flexibility index (Phi) is 4.90. The number of pyridine rings is 1. The molecule has 0 atom stereocenters. The fourth-order valence-electron chi connectivity index (χ4n) is 4.60. The van der Waals surface area contributed by atoms with Crippen molar-refractivity contribution in [2.24, 2.45) is 12.5 Å². The van der Waals surface area contributed by atoms with Crippen molar-refractivity contribution in [2.75, 3.05) is 19.6 Å². The molecule has 1 aromatic carbocycles. The van der Waals surface area contributed by atoms with Crippen molar-refractivity contribution >= 4 is 16.6 Å². The van der Waals surface area contributed by atoms with E-state index in [1.165, 1.54) is 4.90 Å². The predicted octanol–water partition coefficient (Wildman–Crippen LogP) is 4.42. The molecule has 0 unspecified atom stereocenters. The zero-order valence-corrected chi connectivity index (χ0v) is 18.4. The zero-order valence-electron chi connectivity index (χ0n) is 18.4. The predicted molar refractivity (Wildman–Crippen MR) is 115 cm³/mol. The number of imidazole rings is 1. The number of hydrogen-bond acceptors (Lipinski definition) is 4. The van der Waals surface area contributed by atoms with Crippen molar-refractivity contribution in [1.82, 2.24) is 19.4 Å². The Morgan fingerprint density at radius 2 is 1.82 bits per heavy atom. The molecule has 0 spiro atoms. The molecule has 5 rings (SSSR count). The van der Waals surface area contributed by atoms with E-state index in [2.05, 4.69) is 9.97 Å². The molecular weight excluding hydrogens is 436 g/mol. The lowest BCUT2D eigenvalue weighted by molar-refractivity contribution is -0.199. The first-order chi connectivity index (χ1) is 15.5. The number of carbonyl (C=O) groups is 1. The number of aryl methyl sites for hydroxylation is 1. The van der Waals surface area contributed by atoms with Gasteiger partial charge in [0.05, 0.1) is 23.7 Å². The third-order valence-corrected chi connectivity index (χ3v) is 7.07. The number of benzene rings is 1. The van der Waals surface area contributed by atoms with Crippen molar-refractivity contribution in [1.29, 1.82) is 0 Å². The molecule has 2 fully saturated rings. The highest BCUT2D eigenvalue weighted by atomic mass is 19.4. The van der Waals surface area contributed by atoms with Crippen LogP contribution in [0, 0.1) is 12.3 Å². The summed E-state index contributed by atoms with van der Waals surface area (Å²) in [5.41, 5.74) is -1.48. The maximum absolute atomic E-state index is 15.1. The van der Waals surface area contributed by atoms with E-state index in [1.807, 2.05) is 36.7 Å². The van der Waals surface area contributed by atoms with Gasteiger partial charge in [0, 0.05) is 49.5 Å². The Labute approximate surface area is 188 Å². The van der Waals surface area contributed by atoms with E-state index >= 15 is 4.39 Å². The Hall–Kier alpha value is -2.81. The van der Waals surface area contributed by atoms with Gasteiger partial charge in [0.15, 0.2) is 11.5 Å². The molecule has 0 radical (unpaired) electrons. The average Bonchev–Trinajstić information content (AvgIpc) is 3.46. The largest absolute Gasteiger partial charge is 0.395 e. The lowest BCUT2D eigenvalue weighted by atomic mass is 9.87. The molecule has 33 heavy (non-hydrogen) atoms. The molecule has 1 saturated carbocycles. The Morgan fingerprint density at radius 3 is 2.42 bits per heavy atom. The smallest absolute Gasteiger partial charge is 0.331 e. The molecule has 174 valence electrons. The summed E-state index contributed by atoms with van der Waals surface area (Å²) in [6.45, 7) is 1.10. The molecule has 0 amide bonds. The van der Waals surface area contributed by atoms with Crippen LogP contribution in [0.5, 0.6) is 0 Å². The highest BCUT2D eigenvalue weighted by Crippen LogP contribution is 2.58. The molecule has 3 aromatic rings. The molecule has 0 bridgehead atoms. The maximum atomic E-state index is 15.1. The van der Waals surface area contributed by atoms with Crippen LogP contribution in [0.4, 0.5) is 17.6 Å². The number of alkyl halides is 4. The molecule has 1 aliphatic heterocycles. The minimum atomic E-state index is -4.28. The van der Waals surface area contributed by atoms with E-state index in [0.29, 0.717) is 5.69 Å². The quantitative estimate of drug-likeness (QED) is 0.511. The van der Waals surface area contributed by atoms with Gasteiger partial charge in [-0.25, -0.2) is 9.37 Å². The molecule has 0 N–H and O–H groups in total. The Bertz CT molecular complexity index is 1240. The van der Waals surface area contributed by atoms with Crippen LogP contribution in [-0.4, -0.2) is 56.7 Å². The van der Waals surface area contributed by atoms with Gasteiger partial charge in [0.1, 0.15) is 5.82 Å². The van der Waals surface area contributed by atoms with Crippen molar-refractivity contribution < 1.29 is 22.4 Å². The first kappa shape index (κ1) is 22.0. The molecule has 1 aliphatic carbocycles. The fourth-order valence-corrected chi connectivity index (χ4v) is 4.60. The second-order valence-corrected chi connectivity index (χ2v) is 9.48. The summed E-state index contributed by atoms with van der Waals surface area (Å²) in [5, 5.41) is 1.76. The SMILES string of the molecule is Cc1ncc(-c2ccc3cnc(CC(=O)C4(F)CN(CC5(C(F)(F)F)CC5)C4)cc3c2)n1C. The van der Waals surface area contributed by atoms with Gasteiger partial charge < -0.3 is 4.57 Å². The number of carbonyl (C=O) groups excluding carboxylic acids is 1. The first-order valence-electron chi connectivity index (χ1n) is 10.9. The van der Waals surface area contributed by atoms with Gasteiger partial charge in [0.2, 0.25) is 0 Å². The van der Waals surface area contributed by atoms with E-state index in [-0.39, 0.29) is 38.9 Å². The first-order valence-corrected chi connectivity index (χ1v) is 10.9. The number of fused-ring (bicyclic) bond motifs is 1. The topological polar surface area (TPSA) is 51.0 Å². The van der Waals surface area contributed by atoms with Crippen LogP contribution in [-0.2, 0) is 18.3 Å². The molecule has 9 heteroatoms. The van der Waals surface area contributed by atoms with Crippen LogP contribution in [0.15, 0.2) is 36.7 Å². The van der Waals surface area contributed by atoms with E-state index in [9.17, 15) is 18.0 Å². The van der Waals surface area contributed by atoms with Crippen molar-refractivity contribution in [3.05, 3.63) is 48.2 Å². The number of likely N-dealkylation sites (tertiary alicyclic amines) is 1. The van der Waals surface area contributed by atoms with E-state index in [0.717, 1.165) is 27.9 Å². The number of ketones is 1. The van der Waals surface area contributed by atoms with Crippen molar-refractivity contribution in [3.8, 4) is 11.3 Å². The van der Waals surface area contributed by atoms with E-state index in [4.69, 9.17) is 0 Å². The van der Waals surface area contributed by atoms with E-state index < -0.39 is 23.0 Å². The zero-order chi connectivity index (χ0) is 23.6. The lowest BCUT2D eigenvalue weighted by Gasteiger charge is -2.45. The summed E-state index contributed by atoms with van der Waals surface area (Å²) >= 11 is 0. The van der Waals surface area contributed by atoms with Crippen LogP contribution < -0.4 is 0 Å². The number of halogens is 4. The van der Waals surface area contributed by atoms with Crippen LogP contribution in [0.2, 0.25) is 0 Å². The molecule has 2 aromatic heterocycles. The van der Waals surface area contributed by atoms with Gasteiger partial charge in [0.25, 0.3) is 0 Å². The summed E-state index contributed by atoms with van der Waals surface area (Å²) in [4.78, 5) is 22.6. The lowest BCUT2D eigenvalue weighted by Crippen LogP contribution is -2.65. The minimum absolute atomic E-state index is 0.0710. The summed E-state index contributed by atoms with van der Waals surface area (Å²) in [7, 11) is 1.93. The van der Waals surface area contributed by atoms with Crippen LogP contribution in [0.1, 0.15) is 24.4 Å². The summed E-state index contributed by atoms with van der Waals surface area (Å²) in [6, 6.07) is 7.64. The third-order valence-electron chi connectivity index (χ3n) is 7.07. The monoisotopic (exact) mass is 460 g/mol. The molecule has 3 heterocycles. The number of Topliss-reactive ketones (excluding diaryl/α,β-unsaturated/α-hetero) is 1. The van der Waals surface area contributed by atoms with Crippen molar-refractivity contribution in [3.63, 3.8) is 0 Å². The summed E-state index contributed by atoms with van der Waals surface area (Å²) in [5.74, 6) is 0.248. The Balaban J connectivity index is 1.28. The minimum Gasteiger partial charge on any atom is -0.331 e. The normalized spacial score (nSPS) is 19.5. The second kappa shape index (κ2) is 7.35. The van der Waals surface area contributed by atoms with Gasteiger partial charge in [-0.05, 0) is 37.3 Å². The van der Waals surface area contributed by atoms with Crippen LogP contribution >= 0.6 is 0 Å². The fraction of sp³-hybridized carbons (Fsp3) is 0.458. The summed E-state index contributed by atoms with van der Waals surface area (Å²) < 4.78 is 56.5. The molecular formula is C24H24F4N4O. The Morgan fingerprint density at radius 1 is 1.09 bits per heavy atom. The van der Waals surface area contributed by atoms with Crippen LogP contribution in [0.3, 0.4) is 0 Å². The number of hydrogen-bond donors (Lipinski definition) is 0. The van der Waals surface area contributed by atoms with E-state index in [1.54, 1.807) is 18.5 Å². The van der Waals surface area contributed by atoms with Gasteiger partial charge in [-0.15, -0.1) is 0 Å². The van der Waals surface area contributed by atoms with Gasteiger partial charge >= 0.3 is 6.18 Å². The second-order valence-electron chi connectivity index (χ2n) is 9.48. The molecule has 5 nitrogen and oxygen atoms in total. The summed E-state index contributed by atoms with van der Waals surface area (Å²) in [6.07, 6.45) is -0.896. The number of rotatable bonds is 6.